The molecule has 1 aliphatic rings. The van der Waals surface area contributed by atoms with Crippen molar-refractivity contribution in [3.05, 3.63) is 22.4 Å². The third kappa shape index (κ3) is 4.07. The van der Waals surface area contributed by atoms with Gasteiger partial charge in [0.25, 0.3) is 9.05 Å². The Labute approximate surface area is 130 Å². The summed E-state index contributed by atoms with van der Waals surface area (Å²) in [6.45, 7) is 3.30. The van der Waals surface area contributed by atoms with E-state index in [4.69, 9.17) is 15.4 Å². The Balaban J connectivity index is 2.03. The first-order valence-electron chi connectivity index (χ1n) is 6.17. The minimum Gasteiger partial charge on any atom is -0.491 e. The summed E-state index contributed by atoms with van der Waals surface area (Å²) in [7, 11) is 1.04. The van der Waals surface area contributed by atoms with E-state index in [0.717, 1.165) is 31.8 Å². The van der Waals surface area contributed by atoms with Crippen LogP contribution in [0.2, 0.25) is 0 Å². The molecule has 0 unspecified atom stereocenters. The summed E-state index contributed by atoms with van der Waals surface area (Å²) in [6, 6.07) is 2.15. The molecule has 20 heavy (non-hydrogen) atoms. The van der Waals surface area contributed by atoms with Crippen LogP contribution in [0.4, 0.5) is 4.39 Å². The summed E-state index contributed by atoms with van der Waals surface area (Å²) in [6.07, 6.45) is 2.39. The molecule has 1 aliphatic heterocycles. The monoisotopic (exact) mass is 385 g/mol. The fraction of sp³-hybridized carbons (Fsp3) is 0.500. The quantitative estimate of drug-likeness (QED) is 0.730. The number of halogens is 3. The average Bonchev–Trinajstić information content (AvgIpc) is 2.84. The fourth-order valence-electron chi connectivity index (χ4n) is 2.10. The van der Waals surface area contributed by atoms with Crippen LogP contribution < -0.4 is 4.74 Å². The molecule has 0 bridgehead atoms. The molecule has 1 saturated heterocycles. The SMILES string of the molecule is O=S(=O)(Cl)c1cc(Br)c(OCCN2CCCC2)cc1F. The first kappa shape index (κ1) is 16.0. The lowest BCUT2D eigenvalue weighted by Gasteiger charge is -2.15. The fourth-order valence-corrected chi connectivity index (χ4v) is 3.61. The molecule has 0 aromatic heterocycles. The highest BCUT2D eigenvalue weighted by Crippen LogP contribution is 2.31. The van der Waals surface area contributed by atoms with E-state index >= 15 is 0 Å². The Morgan fingerprint density at radius 1 is 1.35 bits per heavy atom. The molecule has 0 amide bonds. The summed E-state index contributed by atoms with van der Waals surface area (Å²) in [5, 5.41) is 0. The summed E-state index contributed by atoms with van der Waals surface area (Å²) in [5.41, 5.74) is 0. The predicted molar refractivity (Wildman–Crippen MR) is 78.3 cm³/mol. The van der Waals surface area contributed by atoms with E-state index < -0.39 is 19.8 Å². The van der Waals surface area contributed by atoms with Gasteiger partial charge in [0.15, 0.2) is 0 Å². The van der Waals surface area contributed by atoms with Crippen LogP contribution in [-0.2, 0) is 9.05 Å². The topological polar surface area (TPSA) is 46.6 Å². The smallest absolute Gasteiger partial charge is 0.264 e. The third-order valence-electron chi connectivity index (χ3n) is 3.11. The second-order valence-corrected chi connectivity index (χ2v) is 7.94. The molecule has 0 radical (unpaired) electrons. The minimum atomic E-state index is -4.10. The molecule has 1 aromatic rings. The second kappa shape index (κ2) is 6.60. The zero-order chi connectivity index (χ0) is 14.8. The number of hydrogen-bond acceptors (Lipinski definition) is 4. The van der Waals surface area contributed by atoms with Gasteiger partial charge in [-0.1, -0.05) is 0 Å². The molecular weight excluding hydrogens is 373 g/mol. The summed E-state index contributed by atoms with van der Waals surface area (Å²) in [4.78, 5) is 1.71. The zero-order valence-corrected chi connectivity index (χ0v) is 13.8. The van der Waals surface area contributed by atoms with Gasteiger partial charge in [-0.2, -0.15) is 0 Å². The van der Waals surface area contributed by atoms with Gasteiger partial charge in [0.05, 0.1) is 4.47 Å². The first-order chi connectivity index (χ1) is 9.38. The Morgan fingerprint density at radius 3 is 2.60 bits per heavy atom. The van der Waals surface area contributed by atoms with Crippen LogP contribution in [-0.4, -0.2) is 39.6 Å². The molecule has 1 heterocycles. The lowest BCUT2D eigenvalue weighted by atomic mass is 10.3. The number of hydrogen-bond donors (Lipinski definition) is 0. The maximum absolute atomic E-state index is 13.7. The first-order valence-corrected chi connectivity index (χ1v) is 9.27. The van der Waals surface area contributed by atoms with Gasteiger partial charge >= 0.3 is 0 Å². The Hall–Kier alpha value is -0.370. The Morgan fingerprint density at radius 2 is 2.00 bits per heavy atom. The van der Waals surface area contributed by atoms with Crippen molar-refractivity contribution in [3.8, 4) is 5.75 Å². The lowest BCUT2D eigenvalue weighted by Crippen LogP contribution is -2.25. The Bertz CT molecular complexity index is 591. The van der Waals surface area contributed by atoms with Crippen LogP contribution in [0, 0.1) is 5.82 Å². The molecule has 0 N–H and O–H groups in total. The largest absolute Gasteiger partial charge is 0.491 e. The standard InChI is InChI=1S/C12H14BrClFNO3S/c13-9-7-12(20(14,17)18)10(15)8-11(9)19-6-5-16-3-1-2-4-16/h7-8H,1-6H2. The molecule has 8 heteroatoms. The van der Waals surface area contributed by atoms with Crippen molar-refractivity contribution in [1.82, 2.24) is 4.90 Å². The normalized spacial score (nSPS) is 16.6. The Kier molecular flexibility index (Phi) is 5.28. The van der Waals surface area contributed by atoms with E-state index in [0.29, 0.717) is 11.1 Å². The lowest BCUT2D eigenvalue weighted by molar-refractivity contribution is 0.236. The van der Waals surface area contributed by atoms with E-state index in [9.17, 15) is 12.8 Å². The van der Waals surface area contributed by atoms with Crippen molar-refractivity contribution in [3.63, 3.8) is 0 Å². The van der Waals surface area contributed by atoms with Gasteiger partial charge in [-0.15, -0.1) is 0 Å². The van der Waals surface area contributed by atoms with Gasteiger partial charge in [0.1, 0.15) is 23.1 Å². The van der Waals surface area contributed by atoms with Gasteiger partial charge in [0, 0.05) is 23.3 Å². The molecule has 0 aliphatic carbocycles. The summed E-state index contributed by atoms with van der Waals surface area (Å²) < 4.78 is 41.8. The van der Waals surface area contributed by atoms with Crippen molar-refractivity contribution in [2.45, 2.75) is 17.7 Å². The minimum absolute atomic E-state index is 0.269. The van der Waals surface area contributed by atoms with Crippen molar-refractivity contribution < 1.29 is 17.5 Å². The van der Waals surface area contributed by atoms with Crippen LogP contribution in [0.1, 0.15) is 12.8 Å². The van der Waals surface area contributed by atoms with Crippen LogP contribution in [0.25, 0.3) is 0 Å². The van der Waals surface area contributed by atoms with Crippen LogP contribution >= 0.6 is 26.6 Å². The van der Waals surface area contributed by atoms with E-state index in [1.807, 2.05) is 0 Å². The van der Waals surface area contributed by atoms with Gasteiger partial charge in [-0.05, 0) is 47.9 Å². The third-order valence-corrected chi connectivity index (χ3v) is 5.07. The van der Waals surface area contributed by atoms with Gasteiger partial charge < -0.3 is 4.74 Å². The van der Waals surface area contributed by atoms with Crippen molar-refractivity contribution >= 4 is 35.7 Å². The highest BCUT2D eigenvalue weighted by molar-refractivity contribution is 9.10. The van der Waals surface area contributed by atoms with Crippen LogP contribution in [0.15, 0.2) is 21.5 Å². The van der Waals surface area contributed by atoms with E-state index in [-0.39, 0.29) is 5.75 Å². The van der Waals surface area contributed by atoms with Gasteiger partial charge in [-0.25, -0.2) is 12.8 Å². The van der Waals surface area contributed by atoms with Crippen molar-refractivity contribution in [2.24, 2.45) is 0 Å². The van der Waals surface area contributed by atoms with Crippen LogP contribution in [0.3, 0.4) is 0 Å². The maximum Gasteiger partial charge on any atom is 0.264 e. The molecular formula is C12H14BrClFNO3S. The molecule has 4 nitrogen and oxygen atoms in total. The molecule has 1 fully saturated rings. The molecule has 112 valence electrons. The second-order valence-electron chi connectivity index (χ2n) is 4.55. The number of likely N-dealkylation sites (tertiary alicyclic amines) is 1. The molecule has 2 rings (SSSR count). The molecule has 0 spiro atoms. The van der Waals surface area contributed by atoms with Crippen LogP contribution in [0.5, 0.6) is 5.75 Å². The predicted octanol–water partition coefficient (Wildman–Crippen LogP) is 2.99. The number of rotatable bonds is 5. The molecule has 0 saturated carbocycles. The van der Waals surface area contributed by atoms with Crippen molar-refractivity contribution in [2.75, 3.05) is 26.2 Å². The molecule has 0 atom stereocenters. The average molecular weight is 387 g/mol. The van der Waals surface area contributed by atoms with Gasteiger partial charge in [-0.3, -0.25) is 4.90 Å². The highest BCUT2D eigenvalue weighted by atomic mass is 79.9. The van der Waals surface area contributed by atoms with Gasteiger partial charge in [0.2, 0.25) is 0 Å². The summed E-state index contributed by atoms with van der Waals surface area (Å²) in [5.74, 6) is -0.648. The number of ether oxygens (including phenoxy) is 1. The number of benzene rings is 1. The summed E-state index contributed by atoms with van der Waals surface area (Å²) >= 11 is 3.16. The number of nitrogens with zero attached hydrogens (tertiary/aromatic N) is 1. The van der Waals surface area contributed by atoms with E-state index in [1.54, 1.807) is 0 Å². The van der Waals surface area contributed by atoms with E-state index in [2.05, 4.69) is 20.8 Å². The van der Waals surface area contributed by atoms with E-state index in [1.165, 1.54) is 12.8 Å². The zero-order valence-electron chi connectivity index (χ0n) is 10.6. The molecule has 1 aromatic carbocycles. The highest BCUT2D eigenvalue weighted by Gasteiger charge is 2.19. The van der Waals surface area contributed by atoms with Crippen molar-refractivity contribution in [1.29, 1.82) is 0 Å². The maximum atomic E-state index is 13.7.